The molecule has 1 atom stereocenters. The molecule has 1 amide bonds. The molecule has 3 rings (SSSR count). The quantitative estimate of drug-likeness (QED) is 0.853. The molecule has 0 bridgehead atoms. The van der Waals surface area contributed by atoms with E-state index in [2.05, 4.69) is 33.6 Å². The summed E-state index contributed by atoms with van der Waals surface area (Å²) in [5.41, 5.74) is 0. The first-order valence-corrected chi connectivity index (χ1v) is 9.45. The number of piperidine rings is 1. The molecule has 0 aliphatic carbocycles. The Morgan fingerprint density at radius 3 is 3.23 bits per heavy atom. The van der Waals surface area contributed by atoms with Gasteiger partial charge in [-0.15, -0.1) is 16.4 Å². The molecule has 2 aromatic heterocycles. The van der Waals surface area contributed by atoms with Gasteiger partial charge in [0.2, 0.25) is 11.1 Å². The van der Waals surface area contributed by atoms with Crippen molar-refractivity contribution in [3.8, 4) is 0 Å². The van der Waals surface area contributed by atoms with Crippen molar-refractivity contribution in [1.82, 2.24) is 20.1 Å². The van der Waals surface area contributed by atoms with Gasteiger partial charge in [0.05, 0.1) is 5.75 Å². The van der Waals surface area contributed by atoms with Crippen molar-refractivity contribution >= 4 is 29.0 Å². The number of carbonyl (C=O) groups excluding carboxylic acids is 1. The van der Waals surface area contributed by atoms with Gasteiger partial charge < -0.3 is 4.90 Å². The van der Waals surface area contributed by atoms with Gasteiger partial charge in [0.25, 0.3) is 0 Å². The predicted octanol–water partition coefficient (Wildman–Crippen LogP) is 2.95. The molecular weight excluding hydrogens is 316 g/mol. The number of likely N-dealkylation sites (tertiary alicyclic amines) is 1. The lowest BCUT2D eigenvalue weighted by molar-refractivity contribution is -0.131. The summed E-state index contributed by atoms with van der Waals surface area (Å²) in [6.45, 7) is 3.02. The van der Waals surface area contributed by atoms with Crippen LogP contribution in [0.25, 0.3) is 0 Å². The molecule has 5 nitrogen and oxygen atoms in total. The average molecular weight is 336 g/mol. The van der Waals surface area contributed by atoms with Crippen LogP contribution in [0.15, 0.2) is 22.7 Å². The third-order valence-electron chi connectivity index (χ3n) is 3.88. The number of thiophene rings is 1. The van der Waals surface area contributed by atoms with Crippen LogP contribution in [0.5, 0.6) is 0 Å². The van der Waals surface area contributed by atoms with Crippen LogP contribution in [-0.2, 0) is 11.2 Å². The highest BCUT2D eigenvalue weighted by Crippen LogP contribution is 2.20. The summed E-state index contributed by atoms with van der Waals surface area (Å²) in [4.78, 5) is 20.0. The summed E-state index contributed by atoms with van der Waals surface area (Å²) in [5, 5.41) is 9.86. The maximum Gasteiger partial charge on any atom is 0.233 e. The minimum Gasteiger partial charge on any atom is -0.339 e. The number of aromatic nitrogens is 3. The lowest BCUT2D eigenvalue weighted by atomic mass is 10.0. The zero-order valence-corrected chi connectivity index (χ0v) is 14.3. The number of aromatic amines is 1. The van der Waals surface area contributed by atoms with Crippen molar-refractivity contribution in [1.29, 1.82) is 0 Å². The molecule has 0 aromatic carbocycles. The molecular formula is C15H20N4OS2. The highest BCUT2D eigenvalue weighted by molar-refractivity contribution is 7.99. The van der Waals surface area contributed by atoms with E-state index in [-0.39, 0.29) is 5.91 Å². The summed E-state index contributed by atoms with van der Waals surface area (Å²) in [5.74, 6) is 1.46. The number of nitrogens with zero attached hydrogens (tertiary/aromatic N) is 3. The number of thioether (sulfide) groups is 1. The third kappa shape index (κ3) is 3.89. The SMILES string of the molecule is CC1CCCCN1C(=O)CSc1n[nH]c(Cc2cccs2)n1. The van der Waals surface area contributed by atoms with E-state index in [1.54, 1.807) is 11.3 Å². The maximum absolute atomic E-state index is 12.3. The van der Waals surface area contributed by atoms with Gasteiger partial charge in [0.15, 0.2) is 0 Å². The van der Waals surface area contributed by atoms with Gasteiger partial charge >= 0.3 is 0 Å². The molecule has 1 fully saturated rings. The van der Waals surface area contributed by atoms with Crippen molar-refractivity contribution in [2.45, 2.75) is 43.8 Å². The second-order valence-electron chi connectivity index (χ2n) is 5.54. The Morgan fingerprint density at radius 2 is 2.45 bits per heavy atom. The molecule has 0 spiro atoms. The van der Waals surface area contributed by atoms with Crippen LogP contribution in [0.3, 0.4) is 0 Å². The van der Waals surface area contributed by atoms with E-state index in [0.717, 1.165) is 31.6 Å². The number of carbonyl (C=O) groups is 1. The number of rotatable bonds is 5. The number of hydrogen-bond donors (Lipinski definition) is 1. The topological polar surface area (TPSA) is 61.9 Å². The van der Waals surface area contributed by atoms with Gasteiger partial charge in [-0.25, -0.2) is 4.98 Å². The largest absolute Gasteiger partial charge is 0.339 e. The number of hydrogen-bond acceptors (Lipinski definition) is 5. The van der Waals surface area contributed by atoms with Gasteiger partial charge in [-0.3, -0.25) is 9.89 Å². The second kappa shape index (κ2) is 7.28. The molecule has 1 N–H and O–H groups in total. The number of H-pyrrole nitrogens is 1. The standard InChI is InChI=1S/C15H20N4OS2/c1-11-5-2-3-7-19(11)14(20)10-22-15-16-13(17-18-15)9-12-6-4-8-21-12/h4,6,8,11H,2-3,5,7,9-10H2,1H3,(H,16,17,18). The Labute approximate surface area is 138 Å². The van der Waals surface area contributed by atoms with Crippen LogP contribution in [0.4, 0.5) is 0 Å². The van der Waals surface area contributed by atoms with Crippen LogP contribution >= 0.6 is 23.1 Å². The summed E-state index contributed by atoms with van der Waals surface area (Å²) in [7, 11) is 0. The zero-order valence-electron chi connectivity index (χ0n) is 12.6. The molecule has 1 unspecified atom stereocenters. The molecule has 1 saturated heterocycles. The summed E-state index contributed by atoms with van der Waals surface area (Å²) in [6.07, 6.45) is 4.22. The minimum atomic E-state index is 0.196. The smallest absolute Gasteiger partial charge is 0.233 e. The Balaban J connectivity index is 1.51. The number of amides is 1. The fourth-order valence-corrected chi connectivity index (χ4v) is 4.09. The molecule has 22 heavy (non-hydrogen) atoms. The van der Waals surface area contributed by atoms with Crippen LogP contribution in [0, 0.1) is 0 Å². The van der Waals surface area contributed by atoms with Crippen LogP contribution in [0.2, 0.25) is 0 Å². The first-order valence-electron chi connectivity index (χ1n) is 7.58. The Bertz CT molecular complexity index is 611. The second-order valence-corrected chi connectivity index (χ2v) is 7.52. The average Bonchev–Trinajstić information content (AvgIpc) is 3.18. The number of nitrogens with one attached hydrogen (secondary N) is 1. The zero-order chi connectivity index (χ0) is 15.4. The fraction of sp³-hybridized carbons (Fsp3) is 0.533. The Hall–Kier alpha value is -1.34. The first-order chi connectivity index (χ1) is 10.7. The molecule has 0 saturated carbocycles. The van der Waals surface area contributed by atoms with E-state index < -0.39 is 0 Å². The van der Waals surface area contributed by atoms with Gasteiger partial charge in [-0.1, -0.05) is 17.8 Å². The van der Waals surface area contributed by atoms with Crippen LogP contribution < -0.4 is 0 Å². The van der Waals surface area contributed by atoms with Crippen molar-refractivity contribution in [3.63, 3.8) is 0 Å². The summed E-state index contributed by atoms with van der Waals surface area (Å²) >= 11 is 3.13. The highest BCUT2D eigenvalue weighted by Gasteiger charge is 2.23. The fourth-order valence-electron chi connectivity index (χ4n) is 2.68. The van der Waals surface area contributed by atoms with E-state index in [1.807, 2.05) is 11.0 Å². The first kappa shape index (κ1) is 15.6. The van der Waals surface area contributed by atoms with Gasteiger partial charge in [0.1, 0.15) is 5.82 Å². The molecule has 0 radical (unpaired) electrons. The lowest BCUT2D eigenvalue weighted by Gasteiger charge is -2.33. The van der Waals surface area contributed by atoms with E-state index in [4.69, 9.17) is 0 Å². The normalized spacial score (nSPS) is 18.6. The Kier molecular flexibility index (Phi) is 5.15. The molecule has 2 aromatic rings. The highest BCUT2D eigenvalue weighted by atomic mass is 32.2. The van der Waals surface area contributed by atoms with Crippen molar-refractivity contribution in [2.75, 3.05) is 12.3 Å². The van der Waals surface area contributed by atoms with Crippen molar-refractivity contribution < 1.29 is 4.79 Å². The van der Waals surface area contributed by atoms with Crippen molar-refractivity contribution in [2.24, 2.45) is 0 Å². The summed E-state index contributed by atoms with van der Waals surface area (Å²) < 4.78 is 0. The molecule has 1 aliphatic heterocycles. The molecule has 1 aliphatic rings. The van der Waals surface area contributed by atoms with Gasteiger partial charge in [-0.2, -0.15) is 0 Å². The minimum absolute atomic E-state index is 0.196. The van der Waals surface area contributed by atoms with Gasteiger partial charge in [-0.05, 0) is 37.6 Å². The lowest BCUT2D eigenvalue weighted by Crippen LogP contribution is -2.42. The summed E-state index contributed by atoms with van der Waals surface area (Å²) in [6, 6.07) is 4.48. The predicted molar refractivity (Wildman–Crippen MR) is 89.3 cm³/mol. The molecule has 118 valence electrons. The Morgan fingerprint density at radius 1 is 1.55 bits per heavy atom. The van der Waals surface area contributed by atoms with E-state index in [0.29, 0.717) is 17.0 Å². The van der Waals surface area contributed by atoms with E-state index >= 15 is 0 Å². The maximum atomic E-state index is 12.3. The van der Waals surface area contributed by atoms with Gasteiger partial charge in [0, 0.05) is 23.9 Å². The molecule has 3 heterocycles. The van der Waals surface area contributed by atoms with E-state index in [9.17, 15) is 4.79 Å². The van der Waals surface area contributed by atoms with Crippen molar-refractivity contribution in [3.05, 3.63) is 28.2 Å². The molecule has 7 heteroatoms. The third-order valence-corrected chi connectivity index (χ3v) is 5.59. The van der Waals surface area contributed by atoms with Crippen LogP contribution in [-0.4, -0.2) is 44.3 Å². The van der Waals surface area contributed by atoms with E-state index in [1.165, 1.54) is 23.1 Å². The van der Waals surface area contributed by atoms with Crippen LogP contribution in [0.1, 0.15) is 36.9 Å². The monoisotopic (exact) mass is 336 g/mol.